The second-order valence-corrected chi connectivity index (χ2v) is 7.45. The van der Waals surface area contributed by atoms with E-state index in [0.717, 1.165) is 11.1 Å². The Hall–Kier alpha value is -4.07. The van der Waals surface area contributed by atoms with E-state index in [1.165, 1.54) is 31.4 Å². The van der Waals surface area contributed by atoms with E-state index in [0.29, 0.717) is 37.1 Å². The molecule has 6 nitrogen and oxygen atoms in total. The molecule has 0 saturated heterocycles. The molecule has 0 radical (unpaired) electrons. The highest BCUT2D eigenvalue weighted by Crippen LogP contribution is 2.30. The molecule has 0 N–H and O–H groups in total. The molecule has 0 fully saturated rings. The fourth-order valence-corrected chi connectivity index (χ4v) is 3.34. The summed E-state index contributed by atoms with van der Waals surface area (Å²) >= 11 is 0. The molecule has 0 heterocycles. The lowest BCUT2D eigenvalue weighted by molar-refractivity contribution is -0.0512. The number of benzene rings is 3. The largest absolute Gasteiger partial charge is 0.493 e. The van der Waals surface area contributed by atoms with E-state index in [1.807, 2.05) is 56.3 Å². The van der Waals surface area contributed by atoms with E-state index in [2.05, 4.69) is 4.74 Å². The number of rotatable bonds is 13. The fraction of sp³-hybridized carbons (Fsp3) is 0.250. The summed E-state index contributed by atoms with van der Waals surface area (Å²) in [6.45, 7) is 2.24. The average molecular weight is 499 g/mol. The first-order valence-corrected chi connectivity index (χ1v) is 11.4. The molecule has 190 valence electrons. The van der Waals surface area contributed by atoms with Crippen molar-refractivity contribution in [2.75, 3.05) is 20.3 Å². The van der Waals surface area contributed by atoms with Crippen LogP contribution in [0.1, 0.15) is 35.3 Å². The topological polar surface area (TPSA) is 63.2 Å². The zero-order chi connectivity index (χ0) is 25.9. The van der Waals surface area contributed by atoms with Gasteiger partial charge in [0.15, 0.2) is 28.8 Å². The van der Waals surface area contributed by atoms with Crippen molar-refractivity contribution in [1.82, 2.24) is 0 Å². The standard InChI is InChI=1S/C28H28F2O6/c1-4-33-24-13-10-20(16-27(24)34-5-2)18-35-22-8-6-7-19(15-22)9-12-23(31)21-11-14-25(36-28(29)30)26(17-21)32-3/h6-17,28H,4-5,18H2,1-3H3/b12-9+. The first kappa shape index (κ1) is 26.5. The second kappa shape index (κ2) is 13.1. The quantitative estimate of drug-likeness (QED) is 0.196. The van der Waals surface area contributed by atoms with Gasteiger partial charge in [0.25, 0.3) is 0 Å². The van der Waals surface area contributed by atoms with E-state index in [9.17, 15) is 13.6 Å². The summed E-state index contributed by atoms with van der Waals surface area (Å²) in [5, 5.41) is 0. The second-order valence-electron chi connectivity index (χ2n) is 7.45. The lowest BCUT2D eigenvalue weighted by atomic mass is 10.1. The van der Waals surface area contributed by atoms with Crippen LogP contribution in [0.4, 0.5) is 8.78 Å². The molecule has 3 aromatic carbocycles. The van der Waals surface area contributed by atoms with Crippen LogP contribution in [0.25, 0.3) is 6.08 Å². The van der Waals surface area contributed by atoms with Crippen LogP contribution < -0.4 is 23.7 Å². The summed E-state index contributed by atoms with van der Waals surface area (Å²) in [5.41, 5.74) is 1.95. The summed E-state index contributed by atoms with van der Waals surface area (Å²) in [7, 11) is 1.31. The van der Waals surface area contributed by atoms with Crippen LogP contribution in [0.2, 0.25) is 0 Å². The number of hydrogen-bond donors (Lipinski definition) is 0. The fourth-order valence-electron chi connectivity index (χ4n) is 3.34. The molecule has 0 amide bonds. The molecule has 0 bridgehead atoms. The minimum absolute atomic E-state index is 0.0479. The van der Waals surface area contributed by atoms with Gasteiger partial charge >= 0.3 is 6.61 Å². The first-order chi connectivity index (χ1) is 17.4. The molecule has 3 aromatic rings. The highest BCUT2D eigenvalue weighted by atomic mass is 19.3. The minimum atomic E-state index is -2.99. The number of ether oxygens (including phenoxy) is 5. The molecule has 8 heteroatoms. The number of carbonyl (C=O) groups is 1. The van der Waals surface area contributed by atoms with Crippen LogP contribution in [0, 0.1) is 0 Å². The summed E-state index contributed by atoms with van der Waals surface area (Å²) in [6, 6.07) is 17.0. The molecule has 36 heavy (non-hydrogen) atoms. The SMILES string of the molecule is CCOc1ccc(COc2cccc(/C=C/C(=O)c3ccc(OC(F)F)c(OC)c3)c2)cc1OCC. The van der Waals surface area contributed by atoms with Crippen molar-refractivity contribution in [3.8, 4) is 28.7 Å². The van der Waals surface area contributed by atoms with Gasteiger partial charge in [-0.25, -0.2) is 0 Å². The highest BCUT2D eigenvalue weighted by molar-refractivity contribution is 6.07. The first-order valence-electron chi connectivity index (χ1n) is 11.4. The molecular formula is C28H28F2O6. The van der Waals surface area contributed by atoms with Crippen LogP contribution in [-0.2, 0) is 6.61 Å². The normalized spacial score (nSPS) is 10.9. The predicted octanol–water partition coefficient (Wildman–Crippen LogP) is 6.57. The van der Waals surface area contributed by atoms with Gasteiger partial charge in [-0.1, -0.05) is 24.3 Å². The maximum Gasteiger partial charge on any atom is 0.387 e. The van der Waals surface area contributed by atoms with Crippen LogP contribution in [0.5, 0.6) is 28.7 Å². The van der Waals surface area contributed by atoms with Gasteiger partial charge in [0.2, 0.25) is 0 Å². The van der Waals surface area contributed by atoms with Gasteiger partial charge in [0, 0.05) is 5.56 Å². The van der Waals surface area contributed by atoms with Crippen molar-refractivity contribution in [3.05, 3.63) is 83.4 Å². The zero-order valence-corrected chi connectivity index (χ0v) is 20.3. The van der Waals surface area contributed by atoms with Gasteiger partial charge in [0.1, 0.15) is 12.4 Å². The maximum atomic E-state index is 12.6. The minimum Gasteiger partial charge on any atom is -0.493 e. The zero-order valence-electron chi connectivity index (χ0n) is 20.3. The van der Waals surface area contributed by atoms with Crippen molar-refractivity contribution in [1.29, 1.82) is 0 Å². The Kier molecular flexibility index (Phi) is 9.68. The molecule has 0 saturated carbocycles. The van der Waals surface area contributed by atoms with Crippen molar-refractivity contribution in [2.45, 2.75) is 27.1 Å². The Bertz CT molecular complexity index is 1190. The Morgan fingerprint density at radius 1 is 0.861 bits per heavy atom. The summed E-state index contributed by atoms with van der Waals surface area (Å²) < 4.78 is 51.6. The van der Waals surface area contributed by atoms with Crippen molar-refractivity contribution in [2.24, 2.45) is 0 Å². The van der Waals surface area contributed by atoms with Crippen molar-refractivity contribution in [3.63, 3.8) is 0 Å². The summed E-state index contributed by atoms with van der Waals surface area (Å²) in [4.78, 5) is 12.6. The van der Waals surface area contributed by atoms with E-state index in [-0.39, 0.29) is 22.8 Å². The highest BCUT2D eigenvalue weighted by Gasteiger charge is 2.13. The third kappa shape index (κ3) is 7.46. The molecule has 0 spiro atoms. The Labute approximate surface area is 209 Å². The van der Waals surface area contributed by atoms with Crippen LogP contribution in [0.3, 0.4) is 0 Å². The van der Waals surface area contributed by atoms with Crippen LogP contribution >= 0.6 is 0 Å². The molecule has 0 aliphatic heterocycles. The molecule has 3 rings (SSSR count). The molecule has 0 atom stereocenters. The number of alkyl halides is 2. The van der Waals surface area contributed by atoms with Crippen LogP contribution in [-0.4, -0.2) is 32.7 Å². The van der Waals surface area contributed by atoms with E-state index in [1.54, 1.807) is 6.08 Å². The number of hydrogen-bond acceptors (Lipinski definition) is 6. The molecular weight excluding hydrogens is 470 g/mol. The molecule has 0 aliphatic carbocycles. The van der Waals surface area contributed by atoms with E-state index in [4.69, 9.17) is 18.9 Å². The lowest BCUT2D eigenvalue weighted by Crippen LogP contribution is -2.04. The number of halogens is 2. The Morgan fingerprint density at radius 2 is 1.61 bits per heavy atom. The molecule has 0 unspecified atom stereocenters. The lowest BCUT2D eigenvalue weighted by Gasteiger charge is -2.13. The Balaban J connectivity index is 1.66. The van der Waals surface area contributed by atoms with Gasteiger partial charge in [-0.15, -0.1) is 0 Å². The Morgan fingerprint density at radius 3 is 2.33 bits per heavy atom. The monoisotopic (exact) mass is 498 g/mol. The number of ketones is 1. The van der Waals surface area contributed by atoms with Crippen LogP contribution in [0.15, 0.2) is 66.7 Å². The van der Waals surface area contributed by atoms with Gasteiger partial charge in [-0.3, -0.25) is 4.79 Å². The summed E-state index contributed by atoms with van der Waals surface area (Å²) in [6.07, 6.45) is 3.04. The number of allylic oxidation sites excluding steroid dienone is 1. The van der Waals surface area contributed by atoms with Gasteiger partial charge in [-0.05, 0) is 73.5 Å². The number of carbonyl (C=O) groups excluding carboxylic acids is 1. The molecule has 0 aromatic heterocycles. The van der Waals surface area contributed by atoms with Crippen molar-refractivity contribution >= 4 is 11.9 Å². The third-order valence-corrected chi connectivity index (χ3v) is 4.96. The predicted molar refractivity (Wildman–Crippen MR) is 133 cm³/mol. The smallest absolute Gasteiger partial charge is 0.387 e. The third-order valence-electron chi connectivity index (χ3n) is 4.96. The van der Waals surface area contributed by atoms with Gasteiger partial charge < -0.3 is 23.7 Å². The van der Waals surface area contributed by atoms with Gasteiger partial charge in [-0.2, -0.15) is 8.78 Å². The number of methoxy groups -OCH3 is 1. The summed E-state index contributed by atoms with van der Waals surface area (Å²) in [5.74, 6) is 1.58. The van der Waals surface area contributed by atoms with Gasteiger partial charge in [0.05, 0.1) is 20.3 Å². The van der Waals surface area contributed by atoms with Crippen molar-refractivity contribution < 1.29 is 37.3 Å². The maximum absolute atomic E-state index is 12.6. The molecule has 0 aliphatic rings. The van der Waals surface area contributed by atoms with E-state index >= 15 is 0 Å². The van der Waals surface area contributed by atoms with E-state index < -0.39 is 6.61 Å². The average Bonchev–Trinajstić information content (AvgIpc) is 2.88.